The molecule has 2 aromatic carbocycles. The third kappa shape index (κ3) is 4.23. The molecule has 0 bridgehead atoms. The highest BCUT2D eigenvalue weighted by atomic mass is 79.9. The molecule has 0 aliphatic carbocycles. The fraction of sp³-hybridized carbons (Fsp3) is 0.143. The van der Waals surface area contributed by atoms with E-state index < -0.39 is 11.6 Å². The number of methoxy groups -OCH3 is 2. The van der Waals surface area contributed by atoms with Crippen molar-refractivity contribution in [3.63, 3.8) is 0 Å². The molecule has 2 N–H and O–H groups in total. The van der Waals surface area contributed by atoms with Gasteiger partial charge in [0.25, 0.3) is 0 Å². The lowest BCUT2D eigenvalue weighted by molar-refractivity contribution is 0.350. The summed E-state index contributed by atoms with van der Waals surface area (Å²) >= 11 is 6.05. The van der Waals surface area contributed by atoms with Crippen LogP contribution in [0.15, 0.2) is 33.2 Å². The number of phenolic OH excluding ortho intramolecular Hbond substituents is 2. The van der Waals surface area contributed by atoms with E-state index in [-0.39, 0.29) is 23.0 Å². The van der Waals surface area contributed by atoms with Crippen LogP contribution >= 0.6 is 31.9 Å². The topological polar surface area (TPSA) is 58.9 Å². The van der Waals surface area contributed by atoms with Crippen LogP contribution in [0.25, 0.3) is 0 Å². The summed E-state index contributed by atoms with van der Waals surface area (Å²) in [6, 6.07) is 5.24. The van der Waals surface area contributed by atoms with Gasteiger partial charge in [-0.15, -0.1) is 0 Å². The summed E-state index contributed by atoms with van der Waals surface area (Å²) in [6.45, 7) is 0. The number of hydrogen-bond acceptors (Lipinski definition) is 4. The molecule has 4 nitrogen and oxygen atoms in total. The molecule has 0 radical (unpaired) electrons. The maximum atomic E-state index is 12.7. The van der Waals surface area contributed by atoms with Gasteiger partial charge in [-0.1, -0.05) is 0 Å². The molecule has 0 unspecified atom stereocenters. The van der Waals surface area contributed by atoms with Crippen molar-refractivity contribution in [1.29, 1.82) is 0 Å². The van der Waals surface area contributed by atoms with E-state index in [1.165, 1.54) is 38.5 Å². The number of halogens is 4. The Morgan fingerprint density at radius 2 is 1.09 bits per heavy atom. The van der Waals surface area contributed by atoms with Crippen LogP contribution in [0.1, 0.15) is 0 Å². The van der Waals surface area contributed by atoms with E-state index in [2.05, 4.69) is 41.3 Å². The molecule has 0 amide bonds. The van der Waals surface area contributed by atoms with E-state index in [1.807, 2.05) is 0 Å². The first-order valence-corrected chi connectivity index (χ1v) is 7.34. The van der Waals surface area contributed by atoms with Gasteiger partial charge in [-0.2, -0.15) is 0 Å². The van der Waals surface area contributed by atoms with Crippen molar-refractivity contribution in [2.75, 3.05) is 14.2 Å². The van der Waals surface area contributed by atoms with Crippen LogP contribution in [0.4, 0.5) is 8.78 Å². The van der Waals surface area contributed by atoms with Crippen molar-refractivity contribution in [3.8, 4) is 23.0 Å². The molecule has 0 aliphatic rings. The van der Waals surface area contributed by atoms with Gasteiger partial charge in [0.15, 0.2) is 34.6 Å². The summed E-state index contributed by atoms with van der Waals surface area (Å²) < 4.78 is 35.5. The fourth-order valence-corrected chi connectivity index (χ4v) is 2.06. The quantitative estimate of drug-likeness (QED) is 0.714. The van der Waals surface area contributed by atoms with Crippen molar-refractivity contribution in [2.45, 2.75) is 0 Å². The van der Waals surface area contributed by atoms with Crippen LogP contribution in [-0.4, -0.2) is 24.4 Å². The predicted octanol–water partition coefficient (Wildman–Crippen LogP) is 4.60. The lowest BCUT2D eigenvalue weighted by Crippen LogP contribution is -1.88. The number of aromatic hydroxyl groups is 2. The molecule has 0 fully saturated rings. The number of ether oxygens (including phenoxy) is 2. The van der Waals surface area contributed by atoms with Gasteiger partial charge in [0, 0.05) is 0 Å². The molecule has 0 atom stereocenters. The zero-order valence-electron chi connectivity index (χ0n) is 11.5. The van der Waals surface area contributed by atoms with Gasteiger partial charge in [-0.3, -0.25) is 0 Å². The molecule has 0 heterocycles. The SMILES string of the molecule is COc1c(F)ccc(Br)c1O.COc1c(F)ccc(Br)c1O. The molecule has 0 aliphatic heterocycles. The second kappa shape index (κ2) is 8.19. The molecule has 0 spiro atoms. The van der Waals surface area contributed by atoms with Gasteiger partial charge >= 0.3 is 0 Å². The second-order valence-corrected chi connectivity index (χ2v) is 5.53. The van der Waals surface area contributed by atoms with E-state index in [4.69, 9.17) is 10.2 Å². The minimum Gasteiger partial charge on any atom is -0.503 e. The highest BCUT2D eigenvalue weighted by Gasteiger charge is 2.11. The molecule has 0 saturated heterocycles. The van der Waals surface area contributed by atoms with E-state index in [1.54, 1.807) is 0 Å². The molecule has 0 aromatic heterocycles. The standard InChI is InChI=1S/2C7H6BrFO2/c2*1-11-7-5(9)3-2-4(8)6(7)10/h2*2-3,10H,1H3. The van der Waals surface area contributed by atoms with E-state index in [9.17, 15) is 8.78 Å². The normalized spacial score (nSPS) is 9.73. The molecular weight excluding hydrogens is 430 g/mol. The van der Waals surface area contributed by atoms with Crippen LogP contribution in [-0.2, 0) is 0 Å². The van der Waals surface area contributed by atoms with Gasteiger partial charge in [-0.25, -0.2) is 8.78 Å². The minimum atomic E-state index is -0.576. The van der Waals surface area contributed by atoms with Crippen molar-refractivity contribution in [3.05, 3.63) is 44.8 Å². The molecular formula is C14H12Br2F2O4. The number of benzene rings is 2. The first-order valence-electron chi connectivity index (χ1n) is 5.75. The van der Waals surface area contributed by atoms with E-state index in [0.717, 1.165) is 0 Å². The predicted molar refractivity (Wildman–Crippen MR) is 84.6 cm³/mol. The van der Waals surface area contributed by atoms with Gasteiger partial charge in [0.05, 0.1) is 23.2 Å². The third-order valence-electron chi connectivity index (χ3n) is 2.48. The number of rotatable bonds is 2. The summed E-state index contributed by atoms with van der Waals surface area (Å²) in [6.07, 6.45) is 0. The van der Waals surface area contributed by atoms with Crippen molar-refractivity contribution in [2.24, 2.45) is 0 Å². The number of hydrogen-bond donors (Lipinski definition) is 2. The molecule has 2 aromatic rings. The lowest BCUT2D eigenvalue weighted by atomic mass is 10.3. The summed E-state index contributed by atoms with van der Waals surface area (Å²) in [5.74, 6) is -1.86. The van der Waals surface area contributed by atoms with Crippen LogP contribution in [0.2, 0.25) is 0 Å². The molecule has 22 heavy (non-hydrogen) atoms. The Kier molecular flexibility index (Phi) is 6.89. The van der Waals surface area contributed by atoms with Crippen molar-refractivity contribution < 1.29 is 28.5 Å². The van der Waals surface area contributed by atoms with Crippen LogP contribution in [0, 0.1) is 11.6 Å². The Morgan fingerprint density at radius 1 is 0.773 bits per heavy atom. The second-order valence-electron chi connectivity index (χ2n) is 3.82. The number of phenols is 2. The maximum Gasteiger partial charge on any atom is 0.197 e. The van der Waals surface area contributed by atoms with Gasteiger partial charge in [0.2, 0.25) is 0 Å². The Balaban J connectivity index is 0.000000220. The zero-order valence-corrected chi connectivity index (χ0v) is 14.7. The van der Waals surface area contributed by atoms with Crippen LogP contribution < -0.4 is 9.47 Å². The summed E-state index contributed by atoms with van der Waals surface area (Å²) in [4.78, 5) is 0. The fourth-order valence-electron chi connectivity index (χ4n) is 1.43. The molecule has 8 heteroatoms. The average molecular weight is 442 g/mol. The average Bonchev–Trinajstić information content (AvgIpc) is 2.49. The Morgan fingerprint density at radius 3 is 1.32 bits per heavy atom. The first kappa shape index (κ1) is 18.5. The molecule has 0 saturated carbocycles. The highest BCUT2D eigenvalue weighted by molar-refractivity contribution is 9.10. The summed E-state index contributed by atoms with van der Waals surface area (Å²) in [7, 11) is 2.59. The summed E-state index contributed by atoms with van der Waals surface area (Å²) in [5, 5.41) is 18.3. The third-order valence-corrected chi connectivity index (χ3v) is 3.76. The van der Waals surface area contributed by atoms with E-state index in [0.29, 0.717) is 8.95 Å². The smallest absolute Gasteiger partial charge is 0.197 e. The Bertz CT molecular complexity index is 608. The zero-order chi connectivity index (χ0) is 16.9. The van der Waals surface area contributed by atoms with Crippen LogP contribution in [0.5, 0.6) is 23.0 Å². The van der Waals surface area contributed by atoms with Crippen molar-refractivity contribution >= 4 is 31.9 Å². The van der Waals surface area contributed by atoms with Gasteiger partial charge in [-0.05, 0) is 56.1 Å². The van der Waals surface area contributed by atoms with Gasteiger partial charge < -0.3 is 19.7 Å². The Labute approximate surface area is 142 Å². The van der Waals surface area contributed by atoms with Crippen molar-refractivity contribution in [1.82, 2.24) is 0 Å². The van der Waals surface area contributed by atoms with Gasteiger partial charge in [0.1, 0.15) is 0 Å². The van der Waals surface area contributed by atoms with Crippen LogP contribution in [0.3, 0.4) is 0 Å². The highest BCUT2D eigenvalue weighted by Crippen LogP contribution is 2.36. The van der Waals surface area contributed by atoms with E-state index >= 15 is 0 Å². The maximum absolute atomic E-state index is 12.7. The largest absolute Gasteiger partial charge is 0.503 e. The summed E-state index contributed by atoms with van der Waals surface area (Å²) in [5.41, 5.74) is 0. The first-order chi connectivity index (χ1) is 10.3. The molecule has 120 valence electrons. The lowest BCUT2D eigenvalue weighted by Gasteiger charge is -2.04. The monoisotopic (exact) mass is 440 g/mol. The molecule has 2 rings (SSSR count). The Hall–Kier alpha value is -1.54. The minimum absolute atomic E-state index is 0.139.